The third-order valence-corrected chi connectivity index (χ3v) is 5.48. The molecule has 1 N–H and O–H groups in total. The second kappa shape index (κ2) is 7.51. The average Bonchev–Trinajstić information content (AvgIpc) is 3.15. The van der Waals surface area contributed by atoms with Gasteiger partial charge in [-0.3, -0.25) is 10.1 Å². The number of carbonyl (C=O) groups is 1. The van der Waals surface area contributed by atoms with Crippen molar-refractivity contribution < 1.29 is 4.79 Å². The molecule has 7 nitrogen and oxygen atoms in total. The van der Waals surface area contributed by atoms with Crippen LogP contribution in [0.1, 0.15) is 11.9 Å². The van der Waals surface area contributed by atoms with Crippen LogP contribution in [-0.4, -0.2) is 36.1 Å². The van der Waals surface area contributed by atoms with Crippen molar-refractivity contribution in [2.45, 2.75) is 24.3 Å². The maximum absolute atomic E-state index is 12.3. The molecule has 0 spiro atoms. The van der Waals surface area contributed by atoms with Crippen LogP contribution >= 0.6 is 34.7 Å². The van der Waals surface area contributed by atoms with Gasteiger partial charge in [-0.1, -0.05) is 34.7 Å². The van der Waals surface area contributed by atoms with Gasteiger partial charge in [0.2, 0.25) is 11.0 Å². The molecule has 0 radical (unpaired) electrons. The van der Waals surface area contributed by atoms with E-state index in [1.54, 1.807) is 12.1 Å². The molecule has 0 aliphatic carbocycles. The van der Waals surface area contributed by atoms with E-state index in [0.717, 1.165) is 10.6 Å². The smallest absolute Gasteiger partial charge is 0.239 e. The lowest BCUT2D eigenvalue weighted by molar-refractivity contribution is -0.115. The molecule has 2 aromatic heterocycles. The molecule has 25 heavy (non-hydrogen) atoms. The lowest BCUT2D eigenvalue weighted by atomic mass is 10.2. The van der Waals surface area contributed by atoms with E-state index in [-0.39, 0.29) is 11.2 Å². The lowest BCUT2D eigenvalue weighted by Gasteiger charge is -2.10. The summed E-state index contributed by atoms with van der Waals surface area (Å²) in [6.45, 7) is 3.65. The van der Waals surface area contributed by atoms with Crippen LogP contribution in [0, 0.1) is 6.92 Å². The Bertz CT molecular complexity index is 892. The Hall–Kier alpha value is -1.97. The van der Waals surface area contributed by atoms with Gasteiger partial charge in [-0.2, -0.15) is 0 Å². The highest BCUT2D eigenvalue weighted by Gasteiger charge is 2.20. The number of nitrogens with zero attached hydrogens (tertiary/aromatic N) is 5. The van der Waals surface area contributed by atoms with Crippen LogP contribution in [0.15, 0.2) is 29.4 Å². The van der Waals surface area contributed by atoms with Crippen molar-refractivity contribution in [2.75, 3.05) is 5.32 Å². The van der Waals surface area contributed by atoms with E-state index in [1.165, 1.54) is 23.1 Å². The third kappa shape index (κ3) is 4.17. The van der Waals surface area contributed by atoms with Gasteiger partial charge in [0.15, 0.2) is 11.0 Å². The van der Waals surface area contributed by atoms with Gasteiger partial charge in [0.1, 0.15) is 5.01 Å². The molecule has 0 aliphatic rings. The van der Waals surface area contributed by atoms with Crippen molar-refractivity contribution in [1.82, 2.24) is 25.0 Å². The number of carbonyl (C=O) groups excluding carboxylic acids is 1. The SMILES string of the molecule is Cc1nnc(NC(=O)C(C)Sc2nnc(-c3ccc(Cl)cc3)n2C)s1. The summed E-state index contributed by atoms with van der Waals surface area (Å²) < 4.78 is 1.85. The molecule has 0 fully saturated rings. The standard InChI is InChI=1S/C15H15ClN6OS2/c1-8(13(23)17-14-20-18-9(2)25-14)24-15-21-19-12(22(15)3)10-4-6-11(16)7-5-10/h4-8H,1-3H3,(H,17,20,23). The van der Waals surface area contributed by atoms with Gasteiger partial charge in [0.25, 0.3) is 0 Å². The summed E-state index contributed by atoms with van der Waals surface area (Å²) in [7, 11) is 1.87. The molecule has 0 saturated heterocycles. The number of rotatable bonds is 5. The number of hydrogen-bond donors (Lipinski definition) is 1. The molecule has 3 aromatic rings. The third-order valence-electron chi connectivity index (χ3n) is 3.34. The summed E-state index contributed by atoms with van der Waals surface area (Å²) in [4.78, 5) is 12.3. The summed E-state index contributed by atoms with van der Waals surface area (Å²) >= 11 is 8.58. The number of benzene rings is 1. The molecule has 0 bridgehead atoms. The van der Waals surface area contributed by atoms with E-state index in [0.29, 0.717) is 21.1 Å². The highest BCUT2D eigenvalue weighted by molar-refractivity contribution is 8.00. The number of aryl methyl sites for hydroxylation is 1. The molecule has 1 atom stereocenters. The zero-order chi connectivity index (χ0) is 18.0. The zero-order valence-electron chi connectivity index (χ0n) is 13.7. The second-order valence-corrected chi connectivity index (χ2v) is 8.17. The molecular formula is C15H15ClN6OS2. The first-order valence-electron chi connectivity index (χ1n) is 7.37. The molecule has 10 heteroatoms. The molecule has 1 unspecified atom stereocenters. The normalized spacial score (nSPS) is 12.2. The number of halogens is 1. The Morgan fingerprint density at radius 1 is 1.24 bits per heavy atom. The molecule has 1 aromatic carbocycles. The maximum atomic E-state index is 12.3. The minimum atomic E-state index is -0.356. The van der Waals surface area contributed by atoms with Gasteiger partial charge < -0.3 is 4.57 Å². The highest BCUT2D eigenvalue weighted by Crippen LogP contribution is 2.27. The topological polar surface area (TPSA) is 85.6 Å². The summed E-state index contributed by atoms with van der Waals surface area (Å²) in [5.74, 6) is 0.559. The monoisotopic (exact) mass is 394 g/mol. The predicted molar refractivity (Wildman–Crippen MR) is 100 cm³/mol. The van der Waals surface area contributed by atoms with E-state index in [1.807, 2.05) is 37.6 Å². The number of anilines is 1. The fraction of sp³-hybridized carbons (Fsp3) is 0.267. The Labute approximate surface area is 157 Å². The summed E-state index contributed by atoms with van der Waals surface area (Å²) in [6.07, 6.45) is 0. The molecule has 0 aliphatic heterocycles. The first-order valence-corrected chi connectivity index (χ1v) is 9.44. The molecule has 0 saturated carbocycles. The first-order chi connectivity index (χ1) is 11.9. The fourth-order valence-electron chi connectivity index (χ4n) is 2.03. The van der Waals surface area contributed by atoms with E-state index in [2.05, 4.69) is 25.7 Å². The summed E-state index contributed by atoms with van der Waals surface area (Å²) in [5, 5.41) is 21.2. The Kier molecular flexibility index (Phi) is 5.36. The average molecular weight is 395 g/mol. The Balaban J connectivity index is 1.70. The van der Waals surface area contributed by atoms with Crippen LogP contribution in [0.5, 0.6) is 0 Å². The van der Waals surface area contributed by atoms with Crippen molar-refractivity contribution in [3.63, 3.8) is 0 Å². The van der Waals surface area contributed by atoms with E-state index < -0.39 is 0 Å². The maximum Gasteiger partial charge on any atom is 0.239 e. The van der Waals surface area contributed by atoms with Crippen LogP contribution in [0.2, 0.25) is 5.02 Å². The summed E-state index contributed by atoms with van der Waals surface area (Å²) in [5.41, 5.74) is 0.910. The van der Waals surface area contributed by atoms with Crippen LogP contribution in [-0.2, 0) is 11.8 Å². The van der Waals surface area contributed by atoms with Gasteiger partial charge >= 0.3 is 0 Å². The number of hydrogen-bond acceptors (Lipinski definition) is 7. The van der Waals surface area contributed by atoms with Crippen LogP contribution in [0.3, 0.4) is 0 Å². The fourth-order valence-corrected chi connectivity index (χ4v) is 3.57. The van der Waals surface area contributed by atoms with Gasteiger partial charge in [0, 0.05) is 17.6 Å². The van der Waals surface area contributed by atoms with Crippen molar-refractivity contribution >= 4 is 45.7 Å². The Morgan fingerprint density at radius 3 is 2.60 bits per heavy atom. The molecule has 3 rings (SSSR count). The highest BCUT2D eigenvalue weighted by atomic mass is 35.5. The lowest BCUT2D eigenvalue weighted by Crippen LogP contribution is -2.22. The van der Waals surface area contributed by atoms with Crippen LogP contribution in [0.25, 0.3) is 11.4 Å². The first kappa shape index (κ1) is 17.8. The van der Waals surface area contributed by atoms with Crippen molar-refractivity contribution in [3.8, 4) is 11.4 Å². The van der Waals surface area contributed by atoms with Gasteiger partial charge in [-0.05, 0) is 38.1 Å². The van der Waals surface area contributed by atoms with E-state index in [9.17, 15) is 4.79 Å². The number of aromatic nitrogens is 5. The largest absolute Gasteiger partial charge is 0.305 e. The second-order valence-electron chi connectivity index (χ2n) is 5.25. The van der Waals surface area contributed by atoms with Crippen LogP contribution in [0.4, 0.5) is 5.13 Å². The van der Waals surface area contributed by atoms with Crippen LogP contribution < -0.4 is 5.32 Å². The molecule has 130 valence electrons. The van der Waals surface area contributed by atoms with E-state index in [4.69, 9.17) is 11.6 Å². The molecular weight excluding hydrogens is 380 g/mol. The molecule has 2 heterocycles. The Morgan fingerprint density at radius 2 is 1.96 bits per heavy atom. The van der Waals surface area contributed by atoms with Gasteiger partial charge in [-0.15, -0.1) is 20.4 Å². The minimum Gasteiger partial charge on any atom is -0.305 e. The number of thioether (sulfide) groups is 1. The number of nitrogens with one attached hydrogen (secondary N) is 1. The predicted octanol–water partition coefficient (Wildman–Crippen LogP) is 3.41. The summed E-state index contributed by atoms with van der Waals surface area (Å²) in [6, 6.07) is 7.38. The minimum absolute atomic E-state index is 0.155. The van der Waals surface area contributed by atoms with Crippen molar-refractivity contribution in [3.05, 3.63) is 34.3 Å². The van der Waals surface area contributed by atoms with Crippen molar-refractivity contribution in [1.29, 1.82) is 0 Å². The quantitative estimate of drug-likeness (QED) is 0.667. The van der Waals surface area contributed by atoms with Gasteiger partial charge in [-0.25, -0.2) is 0 Å². The molecule has 1 amide bonds. The zero-order valence-corrected chi connectivity index (χ0v) is 16.1. The van der Waals surface area contributed by atoms with E-state index >= 15 is 0 Å². The number of amides is 1. The van der Waals surface area contributed by atoms with Gasteiger partial charge in [0.05, 0.1) is 5.25 Å². The van der Waals surface area contributed by atoms with Crippen molar-refractivity contribution in [2.24, 2.45) is 7.05 Å².